The minimum Gasteiger partial charge on any atom is -0.497 e. The number of carbonyl (C=O) groups is 1. The largest absolute Gasteiger partial charge is 0.497 e. The standard InChI is InChI=1S/C29H32N4O4S/c1-19(2)26-18-31(23-10-6-5-7-11-23)29(38)32(26)28(34)20(3)27(21-9-8-12-24(17-21)33(35)36)30-22-13-15-25(37-4)16-14-22/h5-17,19-20,26-27,30H,18H2,1-4H3/t20-,26-,27+/m1/s1. The minimum atomic E-state index is -0.589. The van der Waals surface area contributed by atoms with Gasteiger partial charge in [-0.05, 0) is 60.1 Å². The highest BCUT2D eigenvalue weighted by Gasteiger charge is 2.43. The first-order chi connectivity index (χ1) is 18.2. The van der Waals surface area contributed by atoms with Crippen LogP contribution in [0, 0.1) is 22.0 Å². The first-order valence-electron chi connectivity index (χ1n) is 12.6. The molecular weight excluding hydrogens is 500 g/mol. The average molecular weight is 533 g/mol. The number of hydrogen-bond acceptors (Lipinski definition) is 6. The van der Waals surface area contributed by atoms with Crippen molar-refractivity contribution in [2.24, 2.45) is 11.8 Å². The lowest BCUT2D eigenvalue weighted by Crippen LogP contribution is -2.46. The number of ether oxygens (including phenoxy) is 1. The SMILES string of the molecule is COc1ccc(N[C@H](c2cccc([N+](=O)[O-])c2)[C@@H](C)C(=O)N2C(=S)N(c3ccccc3)C[C@@H]2C(C)C)cc1. The van der Waals surface area contributed by atoms with E-state index in [0.717, 1.165) is 11.4 Å². The van der Waals surface area contributed by atoms with Gasteiger partial charge in [0.1, 0.15) is 5.75 Å². The summed E-state index contributed by atoms with van der Waals surface area (Å²) in [4.78, 5) is 29.0. The van der Waals surface area contributed by atoms with E-state index >= 15 is 0 Å². The van der Waals surface area contributed by atoms with Crippen molar-refractivity contribution in [2.75, 3.05) is 23.9 Å². The zero-order chi connectivity index (χ0) is 27.4. The number of nitrogens with zero attached hydrogens (tertiary/aromatic N) is 3. The van der Waals surface area contributed by atoms with Crippen LogP contribution in [0.1, 0.15) is 32.4 Å². The van der Waals surface area contributed by atoms with Crippen LogP contribution in [0.3, 0.4) is 0 Å². The van der Waals surface area contributed by atoms with Crippen LogP contribution in [0.25, 0.3) is 0 Å². The van der Waals surface area contributed by atoms with E-state index in [2.05, 4.69) is 19.2 Å². The number of para-hydroxylation sites is 1. The van der Waals surface area contributed by atoms with Gasteiger partial charge in [0.05, 0.1) is 30.0 Å². The summed E-state index contributed by atoms with van der Waals surface area (Å²) in [6.07, 6.45) is 0. The number of non-ortho nitro benzene ring substituents is 1. The monoisotopic (exact) mass is 532 g/mol. The molecule has 9 heteroatoms. The number of nitrogens with one attached hydrogen (secondary N) is 1. The molecule has 1 fully saturated rings. The molecule has 1 amide bonds. The molecule has 0 aliphatic carbocycles. The van der Waals surface area contributed by atoms with Crippen LogP contribution in [0.2, 0.25) is 0 Å². The van der Waals surface area contributed by atoms with Crippen LogP contribution in [-0.2, 0) is 4.79 Å². The normalized spacial score (nSPS) is 16.9. The Morgan fingerprint density at radius 2 is 1.74 bits per heavy atom. The van der Waals surface area contributed by atoms with E-state index in [0.29, 0.717) is 23.0 Å². The highest BCUT2D eigenvalue weighted by atomic mass is 32.1. The molecule has 3 aromatic carbocycles. The van der Waals surface area contributed by atoms with Crippen LogP contribution in [0.15, 0.2) is 78.9 Å². The van der Waals surface area contributed by atoms with Gasteiger partial charge in [0.2, 0.25) is 5.91 Å². The van der Waals surface area contributed by atoms with Crippen LogP contribution in [0.5, 0.6) is 5.75 Å². The Kier molecular flexibility index (Phi) is 8.26. The molecule has 0 spiro atoms. The van der Waals surface area contributed by atoms with Gasteiger partial charge in [-0.15, -0.1) is 0 Å². The Balaban J connectivity index is 1.69. The third-order valence-corrected chi connectivity index (χ3v) is 7.37. The van der Waals surface area contributed by atoms with E-state index in [9.17, 15) is 14.9 Å². The van der Waals surface area contributed by atoms with E-state index < -0.39 is 16.9 Å². The van der Waals surface area contributed by atoms with Gasteiger partial charge in [-0.3, -0.25) is 19.8 Å². The summed E-state index contributed by atoms with van der Waals surface area (Å²) in [6.45, 7) is 6.61. The summed E-state index contributed by atoms with van der Waals surface area (Å²) in [5.41, 5.74) is 2.31. The van der Waals surface area contributed by atoms with Crippen molar-refractivity contribution in [3.63, 3.8) is 0 Å². The molecule has 198 valence electrons. The Morgan fingerprint density at radius 3 is 2.34 bits per heavy atom. The van der Waals surface area contributed by atoms with Crippen molar-refractivity contribution in [3.8, 4) is 5.75 Å². The van der Waals surface area contributed by atoms with Gasteiger partial charge in [-0.25, -0.2) is 0 Å². The molecule has 8 nitrogen and oxygen atoms in total. The van der Waals surface area contributed by atoms with Crippen molar-refractivity contribution >= 4 is 40.3 Å². The molecule has 0 saturated carbocycles. The summed E-state index contributed by atoms with van der Waals surface area (Å²) in [7, 11) is 1.60. The Bertz CT molecular complexity index is 1300. The number of hydrogen-bond donors (Lipinski definition) is 1. The number of nitro benzene ring substituents is 1. The topological polar surface area (TPSA) is 87.9 Å². The second-order valence-electron chi connectivity index (χ2n) is 9.74. The summed E-state index contributed by atoms with van der Waals surface area (Å²) in [6, 6.07) is 22.9. The van der Waals surface area contributed by atoms with Crippen molar-refractivity contribution in [1.29, 1.82) is 0 Å². The van der Waals surface area contributed by atoms with Crippen molar-refractivity contribution in [2.45, 2.75) is 32.9 Å². The maximum atomic E-state index is 14.2. The predicted molar refractivity (Wildman–Crippen MR) is 153 cm³/mol. The fraction of sp³-hybridized carbons (Fsp3) is 0.310. The summed E-state index contributed by atoms with van der Waals surface area (Å²) in [5.74, 6) is 0.150. The lowest BCUT2D eigenvalue weighted by Gasteiger charge is -2.32. The maximum absolute atomic E-state index is 14.2. The molecule has 38 heavy (non-hydrogen) atoms. The van der Waals surface area contributed by atoms with Crippen molar-refractivity contribution < 1.29 is 14.5 Å². The van der Waals surface area contributed by atoms with E-state index in [-0.39, 0.29) is 23.6 Å². The molecule has 3 atom stereocenters. The van der Waals surface area contributed by atoms with Crippen LogP contribution in [0.4, 0.5) is 17.1 Å². The van der Waals surface area contributed by atoms with Crippen molar-refractivity contribution in [1.82, 2.24) is 4.90 Å². The first kappa shape index (κ1) is 27.1. The second-order valence-corrected chi connectivity index (χ2v) is 10.1. The summed E-state index contributed by atoms with van der Waals surface area (Å²) >= 11 is 5.86. The summed E-state index contributed by atoms with van der Waals surface area (Å²) < 4.78 is 5.26. The molecular formula is C29H32N4O4S. The van der Waals surface area contributed by atoms with E-state index in [1.807, 2.05) is 66.4 Å². The molecule has 0 bridgehead atoms. The highest BCUT2D eigenvalue weighted by molar-refractivity contribution is 7.80. The molecule has 1 heterocycles. The van der Waals surface area contributed by atoms with Gasteiger partial charge in [0, 0.05) is 30.1 Å². The van der Waals surface area contributed by atoms with E-state index in [1.54, 1.807) is 24.1 Å². The number of carbonyl (C=O) groups excluding carboxylic acids is 1. The number of nitro groups is 1. The Labute approximate surface area is 228 Å². The fourth-order valence-electron chi connectivity index (χ4n) is 4.77. The van der Waals surface area contributed by atoms with Gasteiger partial charge < -0.3 is 15.0 Å². The molecule has 0 aromatic heterocycles. The molecule has 1 N–H and O–H groups in total. The zero-order valence-electron chi connectivity index (χ0n) is 21.9. The number of anilines is 2. The van der Waals surface area contributed by atoms with Gasteiger partial charge >= 0.3 is 0 Å². The molecule has 1 saturated heterocycles. The third-order valence-electron chi connectivity index (χ3n) is 6.95. The van der Waals surface area contributed by atoms with Crippen molar-refractivity contribution in [3.05, 3.63) is 94.5 Å². The second kappa shape index (κ2) is 11.6. The number of rotatable bonds is 9. The average Bonchev–Trinajstić information content (AvgIpc) is 3.29. The van der Waals surface area contributed by atoms with Crippen LogP contribution in [-0.4, -0.2) is 40.5 Å². The molecule has 0 unspecified atom stereocenters. The predicted octanol–water partition coefficient (Wildman–Crippen LogP) is 6.05. The third kappa shape index (κ3) is 5.62. The number of methoxy groups -OCH3 is 1. The van der Waals surface area contributed by atoms with Gasteiger partial charge in [0.25, 0.3) is 5.69 Å². The number of amides is 1. The Hall–Kier alpha value is -3.98. The molecule has 1 aliphatic rings. The van der Waals surface area contributed by atoms with Crippen LogP contribution < -0.4 is 15.0 Å². The first-order valence-corrected chi connectivity index (χ1v) is 13.0. The fourth-order valence-corrected chi connectivity index (χ4v) is 5.17. The maximum Gasteiger partial charge on any atom is 0.269 e. The van der Waals surface area contributed by atoms with E-state index in [1.165, 1.54) is 12.1 Å². The minimum absolute atomic E-state index is 0.0318. The molecule has 1 aliphatic heterocycles. The number of benzene rings is 3. The smallest absolute Gasteiger partial charge is 0.269 e. The van der Waals surface area contributed by atoms with Gasteiger partial charge in [-0.2, -0.15) is 0 Å². The van der Waals surface area contributed by atoms with Gasteiger partial charge in [-0.1, -0.05) is 51.1 Å². The molecule has 3 aromatic rings. The van der Waals surface area contributed by atoms with Crippen LogP contribution >= 0.6 is 12.2 Å². The van der Waals surface area contributed by atoms with E-state index in [4.69, 9.17) is 17.0 Å². The lowest BCUT2D eigenvalue weighted by molar-refractivity contribution is -0.384. The molecule has 0 radical (unpaired) electrons. The lowest BCUT2D eigenvalue weighted by atomic mass is 9.91. The quantitative estimate of drug-likeness (QED) is 0.204. The summed E-state index contributed by atoms with van der Waals surface area (Å²) in [5, 5.41) is 15.4. The molecule has 4 rings (SSSR count). The highest BCUT2D eigenvalue weighted by Crippen LogP contribution is 2.34. The zero-order valence-corrected chi connectivity index (χ0v) is 22.7. The Morgan fingerprint density at radius 1 is 1.05 bits per heavy atom. The van der Waals surface area contributed by atoms with Gasteiger partial charge in [0.15, 0.2) is 5.11 Å². The number of thiocarbonyl (C=S) groups is 1.